The average Bonchev–Trinajstić information content (AvgIpc) is 2.43. The fourth-order valence-corrected chi connectivity index (χ4v) is 2.01. The normalized spacial score (nSPS) is 12.4. The number of nitrogen functional groups attached to an aromatic ring is 1. The SMILES string of the molecule is CCNC(c1cc(F)c(F)c(F)c1)c1cnccc1N. The van der Waals surface area contributed by atoms with Gasteiger partial charge in [-0.05, 0) is 30.3 Å². The molecule has 0 saturated heterocycles. The molecule has 106 valence electrons. The Kier molecular flexibility index (Phi) is 4.24. The summed E-state index contributed by atoms with van der Waals surface area (Å²) in [5.74, 6) is -3.95. The van der Waals surface area contributed by atoms with Gasteiger partial charge in [-0.15, -0.1) is 0 Å². The Morgan fingerprint density at radius 3 is 2.45 bits per heavy atom. The third-order valence-corrected chi connectivity index (χ3v) is 2.95. The Morgan fingerprint density at radius 1 is 1.25 bits per heavy atom. The van der Waals surface area contributed by atoms with E-state index in [0.29, 0.717) is 17.8 Å². The molecule has 3 N–H and O–H groups in total. The van der Waals surface area contributed by atoms with E-state index < -0.39 is 23.5 Å². The highest BCUT2D eigenvalue weighted by Crippen LogP contribution is 2.28. The molecule has 0 aliphatic carbocycles. The molecule has 1 unspecified atom stereocenters. The first kappa shape index (κ1) is 14.3. The molecular formula is C14H14F3N3. The second kappa shape index (κ2) is 5.92. The van der Waals surface area contributed by atoms with Crippen molar-refractivity contribution in [2.75, 3.05) is 12.3 Å². The van der Waals surface area contributed by atoms with Gasteiger partial charge in [0.25, 0.3) is 0 Å². The van der Waals surface area contributed by atoms with Crippen LogP contribution in [0.25, 0.3) is 0 Å². The van der Waals surface area contributed by atoms with Gasteiger partial charge >= 0.3 is 0 Å². The highest BCUT2D eigenvalue weighted by Gasteiger charge is 2.20. The molecule has 2 rings (SSSR count). The van der Waals surface area contributed by atoms with Gasteiger partial charge in [-0.3, -0.25) is 4.98 Å². The van der Waals surface area contributed by atoms with Gasteiger partial charge in [-0.25, -0.2) is 13.2 Å². The van der Waals surface area contributed by atoms with Gasteiger partial charge in [0.15, 0.2) is 17.5 Å². The number of nitrogens with zero attached hydrogens (tertiary/aromatic N) is 1. The molecule has 0 fully saturated rings. The van der Waals surface area contributed by atoms with Crippen LogP contribution in [-0.2, 0) is 0 Å². The molecule has 1 atom stereocenters. The largest absolute Gasteiger partial charge is 0.398 e. The third-order valence-electron chi connectivity index (χ3n) is 2.95. The maximum atomic E-state index is 13.4. The van der Waals surface area contributed by atoms with Crippen LogP contribution in [0.4, 0.5) is 18.9 Å². The van der Waals surface area contributed by atoms with E-state index in [1.807, 2.05) is 6.92 Å². The molecule has 6 heteroatoms. The van der Waals surface area contributed by atoms with E-state index in [-0.39, 0.29) is 5.56 Å². The van der Waals surface area contributed by atoms with Crippen molar-refractivity contribution in [3.05, 3.63) is 59.2 Å². The highest BCUT2D eigenvalue weighted by atomic mass is 19.2. The Balaban J connectivity index is 2.52. The standard InChI is InChI=1S/C14H14F3N3/c1-2-20-14(9-7-19-4-3-12(9)18)8-5-10(15)13(17)11(16)6-8/h3-7,14,20H,2H2,1H3,(H2,18,19). The van der Waals surface area contributed by atoms with Crippen LogP contribution in [0.2, 0.25) is 0 Å². The smallest absolute Gasteiger partial charge is 0.194 e. The quantitative estimate of drug-likeness (QED) is 0.847. The zero-order valence-electron chi connectivity index (χ0n) is 10.8. The fourth-order valence-electron chi connectivity index (χ4n) is 2.01. The number of rotatable bonds is 4. The van der Waals surface area contributed by atoms with Crippen molar-refractivity contribution in [3.63, 3.8) is 0 Å². The van der Waals surface area contributed by atoms with Crippen LogP contribution >= 0.6 is 0 Å². The second-order valence-corrected chi connectivity index (χ2v) is 4.29. The molecule has 0 saturated carbocycles. The molecule has 1 aromatic carbocycles. The fraction of sp³-hybridized carbons (Fsp3) is 0.214. The van der Waals surface area contributed by atoms with E-state index in [2.05, 4.69) is 10.3 Å². The van der Waals surface area contributed by atoms with Crippen LogP contribution in [0.3, 0.4) is 0 Å². The number of anilines is 1. The molecular weight excluding hydrogens is 267 g/mol. The Labute approximate surface area is 114 Å². The van der Waals surface area contributed by atoms with E-state index in [4.69, 9.17) is 5.73 Å². The molecule has 3 nitrogen and oxygen atoms in total. The summed E-state index contributed by atoms with van der Waals surface area (Å²) < 4.78 is 39.8. The lowest BCUT2D eigenvalue weighted by Gasteiger charge is -2.20. The summed E-state index contributed by atoms with van der Waals surface area (Å²) in [6.07, 6.45) is 3.04. The summed E-state index contributed by atoms with van der Waals surface area (Å²) in [5.41, 5.74) is 7.13. The predicted molar refractivity (Wildman–Crippen MR) is 70.5 cm³/mol. The third kappa shape index (κ3) is 2.75. The van der Waals surface area contributed by atoms with Gasteiger partial charge in [-0.1, -0.05) is 6.92 Å². The first-order chi connectivity index (χ1) is 9.54. The van der Waals surface area contributed by atoms with Gasteiger partial charge < -0.3 is 11.1 Å². The van der Waals surface area contributed by atoms with Crippen molar-refractivity contribution in [2.24, 2.45) is 0 Å². The van der Waals surface area contributed by atoms with Gasteiger partial charge in [0, 0.05) is 23.6 Å². The minimum Gasteiger partial charge on any atom is -0.398 e. The average molecular weight is 281 g/mol. The van der Waals surface area contributed by atoms with E-state index in [1.54, 1.807) is 6.07 Å². The second-order valence-electron chi connectivity index (χ2n) is 4.29. The van der Waals surface area contributed by atoms with Crippen molar-refractivity contribution < 1.29 is 13.2 Å². The number of hydrogen-bond donors (Lipinski definition) is 2. The van der Waals surface area contributed by atoms with Gasteiger partial charge in [0.2, 0.25) is 0 Å². The number of benzene rings is 1. The van der Waals surface area contributed by atoms with Gasteiger partial charge in [0.05, 0.1) is 6.04 Å². The summed E-state index contributed by atoms with van der Waals surface area (Å²) in [6.45, 7) is 2.38. The van der Waals surface area contributed by atoms with Crippen LogP contribution in [0.5, 0.6) is 0 Å². The minimum absolute atomic E-state index is 0.253. The number of nitrogens with one attached hydrogen (secondary N) is 1. The number of nitrogens with two attached hydrogens (primary N) is 1. The molecule has 1 heterocycles. The maximum Gasteiger partial charge on any atom is 0.194 e. The summed E-state index contributed by atoms with van der Waals surface area (Å²) in [5, 5.41) is 3.05. The summed E-state index contributed by atoms with van der Waals surface area (Å²) in [6, 6.07) is 2.95. The minimum atomic E-state index is -1.48. The molecule has 0 radical (unpaired) electrons. The molecule has 0 spiro atoms. The number of hydrogen-bond acceptors (Lipinski definition) is 3. The van der Waals surface area contributed by atoms with Crippen molar-refractivity contribution in [3.8, 4) is 0 Å². The lowest BCUT2D eigenvalue weighted by atomic mass is 9.98. The first-order valence-corrected chi connectivity index (χ1v) is 6.11. The Morgan fingerprint density at radius 2 is 1.90 bits per heavy atom. The van der Waals surface area contributed by atoms with Crippen LogP contribution in [0.15, 0.2) is 30.6 Å². The molecule has 0 bridgehead atoms. The topological polar surface area (TPSA) is 50.9 Å². The molecule has 2 aromatic rings. The van der Waals surface area contributed by atoms with Crippen LogP contribution in [-0.4, -0.2) is 11.5 Å². The van der Waals surface area contributed by atoms with Crippen molar-refractivity contribution in [1.29, 1.82) is 0 Å². The summed E-state index contributed by atoms with van der Waals surface area (Å²) in [7, 11) is 0. The number of halogens is 3. The molecule has 1 aromatic heterocycles. The van der Waals surface area contributed by atoms with Crippen LogP contribution in [0.1, 0.15) is 24.1 Å². The number of pyridine rings is 1. The van der Waals surface area contributed by atoms with E-state index in [1.165, 1.54) is 12.4 Å². The van der Waals surface area contributed by atoms with Crippen molar-refractivity contribution in [1.82, 2.24) is 10.3 Å². The molecule has 20 heavy (non-hydrogen) atoms. The first-order valence-electron chi connectivity index (χ1n) is 6.11. The van der Waals surface area contributed by atoms with Gasteiger partial charge in [-0.2, -0.15) is 0 Å². The highest BCUT2D eigenvalue weighted by molar-refractivity contribution is 5.49. The Bertz CT molecular complexity index is 593. The maximum absolute atomic E-state index is 13.4. The molecule has 0 aliphatic rings. The lowest BCUT2D eigenvalue weighted by molar-refractivity contribution is 0.442. The zero-order chi connectivity index (χ0) is 14.7. The van der Waals surface area contributed by atoms with E-state index in [9.17, 15) is 13.2 Å². The van der Waals surface area contributed by atoms with Crippen molar-refractivity contribution in [2.45, 2.75) is 13.0 Å². The van der Waals surface area contributed by atoms with Crippen LogP contribution < -0.4 is 11.1 Å². The van der Waals surface area contributed by atoms with Crippen LogP contribution in [0, 0.1) is 17.5 Å². The molecule has 0 aliphatic heterocycles. The summed E-state index contributed by atoms with van der Waals surface area (Å²) in [4.78, 5) is 3.95. The van der Waals surface area contributed by atoms with E-state index >= 15 is 0 Å². The van der Waals surface area contributed by atoms with Crippen molar-refractivity contribution >= 4 is 5.69 Å². The lowest BCUT2D eigenvalue weighted by Crippen LogP contribution is -2.23. The summed E-state index contributed by atoms with van der Waals surface area (Å²) >= 11 is 0. The monoisotopic (exact) mass is 281 g/mol. The molecule has 0 amide bonds. The van der Waals surface area contributed by atoms with Gasteiger partial charge in [0.1, 0.15) is 0 Å². The predicted octanol–water partition coefficient (Wildman–Crippen LogP) is 2.78. The number of aromatic nitrogens is 1. The van der Waals surface area contributed by atoms with E-state index in [0.717, 1.165) is 12.1 Å². The zero-order valence-corrected chi connectivity index (χ0v) is 10.8. The Hall–Kier alpha value is -2.08.